The predicted octanol–water partition coefficient (Wildman–Crippen LogP) is 3.22. The first-order valence-electron chi connectivity index (χ1n) is 7.33. The third-order valence-electron chi connectivity index (χ3n) is 4.00. The molecule has 0 N–H and O–H groups in total. The molecule has 0 aliphatic heterocycles. The topological polar surface area (TPSA) is 52.1 Å². The van der Waals surface area contributed by atoms with Crippen molar-refractivity contribution in [3.05, 3.63) is 58.8 Å². The first-order chi connectivity index (χ1) is 11.1. The average Bonchev–Trinajstić information content (AvgIpc) is 2.98. The number of pyridine rings is 1. The minimum absolute atomic E-state index is 0.448. The molecule has 0 saturated heterocycles. The quantitative estimate of drug-likeness (QED) is 0.549. The summed E-state index contributed by atoms with van der Waals surface area (Å²) in [5.41, 5.74) is 5.17. The molecule has 5 nitrogen and oxygen atoms in total. The van der Waals surface area contributed by atoms with Crippen LogP contribution in [0.15, 0.2) is 30.7 Å². The zero-order valence-electron chi connectivity index (χ0n) is 13.1. The fourth-order valence-electron chi connectivity index (χ4n) is 2.73. The zero-order chi connectivity index (χ0) is 16.4. The van der Waals surface area contributed by atoms with Gasteiger partial charge in [-0.2, -0.15) is 0 Å². The van der Waals surface area contributed by atoms with Gasteiger partial charge in [0.05, 0.1) is 29.4 Å². The van der Waals surface area contributed by atoms with E-state index in [9.17, 15) is 4.79 Å². The first kappa shape index (κ1) is 14.9. The van der Waals surface area contributed by atoms with Crippen molar-refractivity contribution >= 4 is 17.2 Å². The van der Waals surface area contributed by atoms with Crippen LogP contribution < -0.4 is 0 Å². The fourth-order valence-corrected chi connectivity index (χ4v) is 2.73. The van der Waals surface area contributed by atoms with Crippen molar-refractivity contribution in [3.8, 4) is 11.4 Å². The van der Waals surface area contributed by atoms with E-state index in [1.54, 1.807) is 18.6 Å². The SMILES string of the molecule is [C-]#[N+]CCc1cc2c(C=O)cc(-c3cncn3C)nc2cc1C. The van der Waals surface area contributed by atoms with E-state index in [4.69, 9.17) is 6.57 Å². The van der Waals surface area contributed by atoms with Crippen LogP contribution in [0.3, 0.4) is 0 Å². The van der Waals surface area contributed by atoms with Gasteiger partial charge in [-0.3, -0.25) is 4.79 Å². The summed E-state index contributed by atoms with van der Waals surface area (Å²) in [4.78, 5) is 23.7. The van der Waals surface area contributed by atoms with Crippen molar-refractivity contribution in [1.29, 1.82) is 0 Å². The molecule has 0 amide bonds. The number of carbonyl (C=O) groups excluding carboxylic acids is 1. The highest BCUT2D eigenvalue weighted by Gasteiger charge is 2.12. The molecule has 3 rings (SSSR count). The van der Waals surface area contributed by atoms with Gasteiger partial charge in [-0.1, -0.05) is 0 Å². The van der Waals surface area contributed by atoms with Crippen LogP contribution in [-0.4, -0.2) is 27.4 Å². The first-order valence-corrected chi connectivity index (χ1v) is 7.33. The van der Waals surface area contributed by atoms with E-state index in [1.165, 1.54) is 0 Å². The summed E-state index contributed by atoms with van der Waals surface area (Å²) in [6.07, 6.45) is 4.99. The summed E-state index contributed by atoms with van der Waals surface area (Å²) < 4.78 is 1.87. The Bertz CT molecular complexity index is 934. The van der Waals surface area contributed by atoms with E-state index in [1.807, 2.05) is 30.7 Å². The molecule has 23 heavy (non-hydrogen) atoms. The molecule has 0 fully saturated rings. The van der Waals surface area contributed by atoms with Crippen LogP contribution in [0.4, 0.5) is 0 Å². The second kappa shape index (κ2) is 6.01. The molecule has 2 aromatic heterocycles. The molecule has 5 heteroatoms. The van der Waals surface area contributed by atoms with Gasteiger partial charge in [-0.05, 0) is 36.2 Å². The normalized spacial score (nSPS) is 10.7. The molecule has 0 saturated carbocycles. The lowest BCUT2D eigenvalue weighted by Gasteiger charge is -2.10. The number of aromatic nitrogens is 3. The Morgan fingerprint density at radius 3 is 2.83 bits per heavy atom. The Balaban J connectivity index is 2.21. The van der Waals surface area contributed by atoms with E-state index in [0.717, 1.165) is 39.7 Å². The predicted molar refractivity (Wildman–Crippen MR) is 89.2 cm³/mol. The van der Waals surface area contributed by atoms with Gasteiger partial charge in [0.15, 0.2) is 6.29 Å². The smallest absolute Gasteiger partial charge is 0.218 e. The second-order valence-electron chi connectivity index (χ2n) is 5.53. The fraction of sp³-hybridized carbons (Fsp3) is 0.222. The molecule has 0 bridgehead atoms. The van der Waals surface area contributed by atoms with E-state index in [0.29, 0.717) is 18.5 Å². The van der Waals surface area contributed by atoms with Gasteiger partial charge >= 0.3 is 0 Å². The number of imidazole rings is 1. The lowest BCUT2D eigenvalue weighted by molar-refractivity contribution is 0.112. The Morgan fingerprint density at radius 2 is 2.17 bits per heavy atom. The Labute approximate surface area is 134 Å². The molecule has 1 aromatic carbocycles. The summed E-state index contributed by atoms with van der Waals surface area (Å²) in [5.74, 6) is 0. The molecule has 0 unspecified atom stereocenters. The van der Waals surface area contributed by atoms with Gasteiger partial charge in [-0.15, -0.1) is 0 Å². The van der Waals surface area contributed by atoms with Crippen molar-refractivity contribution in [2.75, 3.05) is 6.54 Å². The summed E-state index contributed by atoms with van der Waals surface area (Å²) in [7, 11) is 1.90. The number of aldehydes is 1. The van der Waals surface area contributed by atoms with Crippen LogP contribution in [0.25, 0.3) is 27.1 Å². The number of hydrogen-bond acceptors (Lipinski definition) is 3. The van der Waals surface area contributed by atoms with Crippen molar-refractivity contribution in [3.63, 3.8) is 0 Å². The molecule has 2 heterocycles. The number of rotatable bonds is 4. The van der Waals surface area contributed by atoms with Crippen molar-refractivity contribution in [1.82, 2.24) is 14.5 Å². The largest absolute Gasteiger partial charge is 0.332 e. The lowest BCUT2D eigenvalue weighted by Crippen LogP contribution is -1.98. The molecule has 0 radical (unpaired) electrons. The van der Waals surface area contributed by atoms with Crippen molar-refractivity contribution < 1.29 is 4.79 Å². The molecule has 0 aliphatic rings. The summed E-state index contributed by atoms with van der Waals surface area (Å²) in [6.45, 7) is 9.40. The molecule has 3 aromatic rings. The number of fused-ring (bicyclic) bond motifs is 1. The van der Waals surface area contributed by atoms with E-state index >= 15 is 0 Å². The Morgan fingerprint density at radius 1 is 1.35 bits per heavy atom. The van der Waals surface area contributed by atoms with Crippen LogP contribution in [0.2, 0.25) is 0 Å². The van der Waals surface area contributed by atoms with Crippen LogP contribution in [0.1, 0.15) is 21.5 Å². The van der Waals surface area contributed by atoms with E-state index < -0.39 is 0 Å². The Hall–Kier alpha value is -3.00. The minimum atomic E-state index is 0.448. The molecule has 0 atom stereocenters. The van der Waals surface area contributed by atoms with Gasteiger partial charge in [0, 0.05) is 24.4 Å². The van der Waals surface area contributed by atoms with Crippen LogP contribution in [0, 0.1) is 13.5 Å². The maximum absolute atomic E-state index is 11.5. The van der Waals surface area contributed by atoms with Gasteiger partial charge in [0.25, 0.3) is 0 Å². The van der Waals surface area contributed by atoms with Crippen LogP contribution in [-0.2, 0) is 13.5 Å². The number of benzene rings is 1. The lowest BCUT2D eigenvalue weighted by atomic mass is 9.99. The number of nitrogens with zero attached hydrogens (tertiary/aromatic N) is 4. The summed E-state index contributed by atoms with van der Waals surface area (Å²) in [6, 6.07) is 5.77. The summed E-state index contributed by atoms with van der Waals surface area (Å²) in [5, 5.41) is 0.830. The highest BCUT2D eigenvalue weighted by Crippen LogP contribution is 2.26. The number of carbonyl (C=O) groups is 1. The maximum Gasteiger partial charge on any atom is 0.218 e. The standard InChI is InChI=1S/C18H16N4O/c1-12-6-16-15(7-13(12)4-5-19-2)14(10-23)8-17(21-16)18-9-20-11-22(18)3/h6-11H,4-5H2,1,3H3. The maximum atomic E-state index is 11.5. The van der Waals surface area contributed by atoms with Gasteiger partial charge in [-0.25, -0.2) is 16.5 Å². The monoisotopic (exact) mass is 304 g/mol. The second-order valence-corrected chi connectivity index (χ2v) is 5.53. The zero-order valence-corrected chi connectivity index (χ0v) is 13.1. The Kier molecular flexibility index (Phi) is 3.90. The number of hydrogen-bond donors (Lipinski definition) is 0. The van der Waals surface area contributed by atoms with Crippen LogP contribution >= 0.6 is 0 Å². The van der Waals surface area contributed by atoms with Gasteiger partial charge in [0.2, 0.25) is 6.54 Å². The highest BCUT2D eigenvalue weighted by molar-refractivity contribution is 5.98. The third kappa shape index (κ3) is 2.71. The van der Waals surface area contributed by atoms with Crippen molar-refractivity contribution in [2.24, 2.45) is 7.05 Å². The molecule has 0 spiro atoms. The molecular weight excluding hydrogens is 288 g/mol. The van der Waals surface area contributed by atoms with E-state index in [-0.39, 0.29) is 0 Å². The van der Waals surface area contributed by atoms with E-state index in [2.05, 4.69) is 14.8 Å². The summed E-state index contributed by atoms with van der Waals surface area (Å²) >= 11 is 0. The number of aryl methyl sites for hydroxylation is 2. The van der Waals surface area contributed by atoms with Crippen LogP contribution in [0.5, 0.6) is 0 Å². The van der Waals surface area contributed by atoms with Gasteiger partial charge in [0.1, 0.15) is 0 Å². The van der Waals surface area contributed by atoms with Crippen molar-refractivity contribution in [2.45, 2.75) is 13.3 Å². The molecular formula is C18H16N4O. The molecule has 0 aliphatic carbocycles. The highest BCUT2D eigenvalue weighted by atomic mass is 16.1. The molecule has 114 valence electrons. The minimum Gasteiger partial charge on any atom is -0.332 e. The average molecular weight is 304 g/mol. The third-order valence-corrected chi connectivity index (χ3v) is 4.00. The van der Waals surface area contributed by atoms with Gasteiger partial charge < -0.3 is 9.41 Å².